The molecule has 0 aromatic heterocycles. The molecule has 0 spiro atoms. The molecule has 0 aliphatic heterocycles. The topological polar surface area (TPSA) is 83.6 Å². The second kappa shape index (κ2) is 9.55. The highest BCUT2D eigenvalue weighted by Crippen LogP contribution is 2.25. The van der Waals surface area contributed by atoms with Crippen LogP contribution >= 0.6 is 0 Å². The Morgan fingerprint density at radius 1 is 1.06 bits per heavy atom. The van der Waals surface area contributed by atoms with E-state index in [4.69, 9.17) is 0 Å². The van der Waals surface area contributed by atoms with Crippen LogP contribution in [0.3, 0.4) is 0 Å². The number of sulfone groups is 1. The van der Waals surface area contributed by atoms with Crippen LogP contribution in [0.5, 0.6) is 0 Å². The van der Waals surface area contributed by atoms with Gasteiger partial charge in [0.2, 0.25) is 11.8 Å². The number of carbonyl (C=O) groups excluding carboxylic acids is 2. The first-order valence-electron chi connectivity index (χ1n) is 10.1. The lowest BCUT2D eigenvalue weighted by Crippen LogP contribution is -2.38. The molecule has 31 heavy (non-hydrogen) atoms. The normalized spacial score (nSPS) is 13.0. The summed E-state index contributed by atoms with van der Waals surface area (Å²) in [4.78, 5) is 26.0. The summed E-state index contributed by atoms with van der Waals surface area (Å²) >= 11 is 0. The number of nitrogens with zero attached hydrogens (tertiary/aromatic N) is 1. The number of anilines is 1. The zero-order valence-corrected chi connectivity index (χ0v) is 18.0. The van der Waals surface area contributed by atoms with Crippen molar-refractivity contribution >= 4 is 27.3 Å². The molecule has 0 heterocycles. The van der Waals surface area contributed by atoms with Gasteiger partial charge in [0.15, 0.2) is 9.84 Å². The summed E-state index contributed by atoms with van der Waals surface area (Å²) in [5.74, 6) is -3.55. The highest BCUT2D eigenvalue weighted by atomic mass is 32.2. The van der Waals surface area contributed by atoms with Crippen molar-refractivity contribution in [3.05, 3.63) is 59.2 Å². The van der Waals surface area contributed by atoms with E-state index in [0.717, 1.165) is 47.4 Å². The van der Waals surface area contributed by atoms with Crippen molar-refractivity contribution in [3.8, 4) is 0 Å². The average molecular weight is 451 g/mol. The van der Waals surface area contributed by atoms with Crippen molar-refractivity contribution < 1.29 is 26.8 Å². The van der Waals surface area contributed by atoms with Gasteiger partial charge in [0.05, 0.1) is 17.2 Å². The number of hydrogen-bond acceptors (Lipinski definition) is 4. The largest absolute Gasteiger partial charge is 0.334 e. The summed E-state index contributed by atoms with van der Waals surface area (Å²) in [6.07, 6.45) is 2.49. The maximum Gasteiger partial charge on any atom is 0.244 e. The van der Waals surface area contributed by atoms with Crippen LogP contribution in [0.1, 0.15) is 30.9 Å². The van der Waals surface area contributed by atoms with Crippen LogP contribution in [0.15, 0.2) is 41.3 Å². The predicted molar refractivity (Wildman–Crippen MR) is 112 cm³/mol. The Hall–Kier alpha value is -2.81. The fraction of sp³-hybridized carbons (Fsp3) is 0.364. The Morgan fingerprint density at radius 2 is 1.74 bits per heavy atom. The molecule has 0 atom stereocenters. The van der Waals surface area contributed by atoms with Gasteiger partial charge in [-0.2, -0.15) is 0 Å². The van der Waals surface area contributed by atoms with Gasteiger partial charge in [0, 0.05) is 13.0 Å². The molecular formula is C22H24F2N2O4S. The first-order chi connectivity index (χ1) is 14.7. The van der Waals surface area contributed by atoms with Gasteiger partial charge in [-0.25, -0.2) is 17.2 Å². The summed E-state index contributed by atoms with van der Waals surface area (Å²) in [5.41, 5.74) is 1.60. The first-order valence-corrected chi connectivity index (χ1v) is 11.7. The van der Waals surface area contributed by atoms with E-state index in [1.54, 1.807) is 19.1 Å². The van der Waals surface area contributed by atoms with Crippen LogP contribution in [0.25, 0.3) is 0 Å². The number of carbonyl (C=O) groups is 2. The number of para-hydroxylation sites is 1. The summed E-state index contributed by atoms with van der Waals surface area (Å²) in [7, 11) is -3.65. The van der Waals surface area contributed by atoms with E-state index >= 15 is 0 Å². The molecule has 1 aliphatic rings. The molecule has 2 amide bonds. The highest BCUT2D eigenvalue weighted by Gasteiger charge is 2.23. The van der Waals surface area contributed by atoms with Crippen LogP contribution < -0.4 is 5.32 Å². The SMILES string of the molecule is CCN(CC(=O)Nc1c(F)cccc1F)C(=O)CCS(=O)(=O)c1ccc2c(c1)CCC2. The zero-order chi connectivity index (χ0) is 22.6. The lowest BCUT2D eigenvalue weighted by molar-refractivity contribution is -0.134. The first kappa shape index (κ1) is 22.9. The Morgan fingerprint density at radius 3 is 2.42 bits per heavy atom. The van der Waals surface area contributed by atoms with Gasteiger partial charge in [-0.3, -0.25) is 9.59 Å². The molecule has 6 nitrogen and oxygen atoms in total. The number of benzene rings is 2. The van der Waals surface area contributed by atoms with Gasteiger partial charge < -0.3 is 10.2 Å². The number of aryl methyl sites for hydroxylation is 2. The average Bonchev–Trinajstić information content (AvgIpc) is 3.21. The van der Waals surface area contributed by atoms with Crippen molar-refractivity contribution in [2.75, 3.05) is 24.2 Å². The second-order valence-corrected chi connectivity index (χ2v) is 9.51. The van der Waals surface area contributed by atoms with Crippen LogP contribution in [-0.2, 0) is 32.3 Å². The molecule has 0 bridgehead atoms. The summed E-state index contributed by atoms with van der Waals surface area (Å²) in [6, 6.07) is 8.25. The van der Waals surface area contributed by atoms with Crippen LogP contribution in [0, 0.1) is 11.6 Å². The second-order valence-electron chi connectivity index (χ2n) is 7.41. The fourth-order valence-electron chi connectivity index (χ4n) is 3.59. The monoisotopic (exact) mass is 450 g/mol. The predicted octanol–water partition coefficient (Wildman–Crippen LogP) is 3.10. The van der Waals surface area contributed by atoms with Crippen molar-refractivity contribution in [3.63, 3.8) is 0 Å². The van der Waals surface area contributed by atoms with Crippen LogP contribution in [-0.4, -0.2) is 44.0 Å². The molecule has 9 heteroatoms. The standard InChI is InChI=1S/C22H24F2N2O4S/c1-2-26(14-20(27)25-22-18(23)7-4-8-19(22)24)21(28)11-12-31(29,30)17-10-9-15-5-3-6-16(15)13-17/h4,7-10,13H,2-3,5-6,11-12,14H2,1H3,(H,25,27). The van der Waals surface area contributed by atoms with Crippen molar-refractivity contribution in [1.82, 2.24) is 4.90 Å². The Labute approximate surface area is 180 Å². The fourth-order valence-corrected chi connectivity index (χ4v) is 4.86. The highest BCUT2D eigenvalue weighted by molar-refractivity contribution is 7.91. The van der Waals surface area contributed by atoms with Crippen LogP contribution in [0.2, 0.25) is 0 Å². The zero-order valence-electron chi connectivity index (χ0n) is 17.2. The van der Waals surface area contributed by atoms with Gasteiger partial charge >= 0.3 is 0 Å². The number of amides is 2. The molecule has 0 saturated heterocycles. The lowest BCUT2D eigenvalue weighted by Gasteiger charge is -2.20. The number of hydrogen-bond donors (Lipinski definition) is 1. The smallest absolute Gasteiger partial charge is 0.244 e. The van der Waals surface area contributed by atoms with E-state index in [-0.39, 0.29) is 23.6 Å². The number of rotatable bonds is 8. The Balaban J connectivity index is 1.60. The molecule has 2 aromatic carbocycles. The minimum atomic E-state index is -3.65. The van der Waals surface area contributed by atoms with E-state index in [1.165, 1.54) is 6.07 Å². The van der Waals surface area contributed by atoms with E-state index in [0.29, 0.717) is 0 Å². The van der Waals surface area contributed by atoms with Gasteiger partial charge in [-0.1, -0.05) is 12.1 Å². The summed E-state index contributed by atoms with van der Waals surface area (Å²) in [6.45, 7) is 1.33. The van der Waals surface area contributed by atoms with E-state index in [9.17, 15) is 26.8 Å². The molecule has 1 aliphatic carbocycles. The van der Waals surface area contributed by atoms with E-state index in [2.05, 4.69) is 5.32 Å². The van der Waals surface area contributed by atoms with E-state index in [1.807, 2.05) is 6.07 Å². The van der Waals surface area contributed by atoms with Gasteiger partial charge in [0.25, 0.3) is 0 Å². The van der Waals surface area contributed by atoms with Gasteiger partial charge in [0.1, 0.15) is 17.3 Å². The molecule has 0 saturated carbocycles. The number of fused-ring (bicyclic) bond motifs is 1. The summed E-state index contributed by atoms with van der Waals surface area (Å²) in [5, 5.41) is 2.12. The number of halogens is 2. The third-order valence-corrected chi connectivity index (χ3v) is 7.02. The maximum atomic E-state index is 13.7. The quantitative estimate of drug-likeness (QED) is 0.670. The minimum absolute atomic E-state index is 0.144. The molecule has 0 radical (unpaired) electrons. The lowest BCUT2D eigenvalue weighted by atomic mass is 10.1. The maximum absolute atomic E-state index is 13.7. The molecule has 2 aromatic rings. The molecule has 0 unspecified atom stereocenters. The Kier molecular flexibility index (Phi) is 7.04. The van der Waals surface area contributed by atoms with Crippen molar-refractivity contribution in [1.29, 1.82) is 0 Å². The van der Waals surface area contributed by atoms with Crippen molar-refractivity contribution in [2.45, 2.75) is 37.5 Å². The molecule has 3 rings (SSSR count). The molecule has 1 N–H and O–H groups in total. The van der Waals surface area contributed by atoms with Gasteiger partial charge in [-0.05, 0) is 61.6 Å². The third kappa shape index (κ3) is 5.46. The van der Waals surface area contributed by atoms with Crippen LogP contribution in [0.4, 0.5) is 14.5 Å². The van der Waals surface area contributed by atoms with E-state index < -0.39 is 45.5 Å². The van der Waals surface area contributed by atoms with Gasteiger partial charge in [-0.15, -0.1) is 0 Å². The molecule has 0 fully saturated rings. The van der Waals surface area contributed by atoms with Crippen molar-refractivity contribution in [2.24, 2.45) is 0 Å². The molecular weight excluding hydrogens is 426 g/mol. The number of likely N-dealkylation sites (N-methyl/N-ethyl adjacent to an activating group) is 1. The summed E-state index contributed by atoms with van der Waals surface area (Å²) < 4.78 is 52.7. The Bertz CT molecular complexity index is 1080. The number of nitrogens with one attached hydrogen (secondary N) is 1. The molecule has 166 valence electrons. The third-order valence-electron chi connectivity index (χ3n) is 5.31. The minimum Gasteiger partial charge on any atom is -0.334 e.